The van der Waals surface area contributed by atoms with E-state index in [0.29, 0.717) is 17.5 Å². The highest BCUT2D eigenvalue weighted by atomic mass is 32.1. The second kappa shape index (κ2) is 6.37. The van der Waals surface area contributed by atoms with Crippen molar-refractivity contribution in [2.24, 2.45) is 5.41 Å². The average molecular weight is 308 g/mol. The Kier molecular flexibility index (Phi) is 4.69. The van der Waals surface area contributed by atoms with Crippen molar-refractivity contribution in [2.75, 3.05) is 32.8 Å². The van der Waals surface area contributed by atoms with Crippen molar-refractivity contribution in [3.05, 3.63) is 21.9 Å². The summed E-state index contributed by atoms with van der Waals surface area (Å²) in [6.45, 7) is 12.1. The second-order valence-electron chi connectivity index (χ2n) is 7.03. The Morgan fingerprint density at radius 1 is 1.52 bits per heavy atom. The number of fused-ring (bicyclic) bond motifs is 1. The molecule has 0 aliphatic carbocycles. The molecule has 3 rings (SSSR count). The highest BCUT2D eigenvalue weighted by molar-refractivity contribution is 7.10. The molecule has 3 heterocycles. The third kappa shape index (κ3) is 3.34. The van der Waals surface area contributed by atoms with Crippen LogP contribution in [0.4, 0.5) is 0 Å². The normalized spacial score (nSPS) is 30.0. The summed E-state index contributed by atoms with van der Waals surface area (Å²) < 4.78 is 5.76. The summed E-state index contributed by atoms with van der Waals surface area (Å²) in [5, 5.41) is 5.89. The highest BCUT2D eigenvalue weighted by Gasteiger charge is 2.38. The van der Waals surface area contributed by atoms with E-state index in [1.807, 2.05) is 11.3 Å². The van der Waals surface area contributed by atoms with E-state index in [4.69, 9.17) is 4.74 Å². The molecule has 2 unspecified atom stereocenters. The molecule has 2 atom stereocenters. The molecule has 1 aromatic rings. The maximum Gasteiger partial charge on any atom is 0.0547 e. The zero-order valence-electron chi connectivity index (χ0n) is 13.5. The van der Waals surface area contributed by atoms with Crippen LogP contribution in [0.15, 0.2) is 11.4 Å². The summed E-state index contributed by atoms with van der Waals surface area (Å²) in [5.74, 6) is 0. The zero-order valence-corrected chi connectivity index (χ0v) is 14.3. The topological polar surface area (TPSA) is 24.5 Å². The van der Waals surface area contributed by atoms with Crippen LogP contribution >= 0.6 is 11.3 Å². The van der Waals surface area contributed by atoms with Gasteiger partial charge in [0, 0.05) is 48.6 Å². The third-order valence-electron chi connectivity index (χ3n) is 5.01. The van der Waals surface area contributed by atoms with Gasteiger partial charge in [-0.15, -0.1) is 11.3 Å². The number of nitrogens with one attached hydrogen (secondary N) is 1. The first-order valence-corrected chi connectivity index (χ1v) is 9.09. The number of ether oxygens (including phenoxy) is 1. The molecule has 2 aliphatic rings. The van der Waals surface area contributed by atoms with Crippen molar-refractivity contribution < 1.29 is 4.74 Å². The van der Waals surface area contributed by atoms with Crippen molar-refractivity contribution in [2.45, 2.75) is 45.7 Å². The first-order chi connectivity index (χ1) is 10.1. The number of thiophene rings is 1. The van der Waals surface area contributed by atoms with Gasteiger partial charge in [-0.2, -0.15) is 0 Å². The lowest BCUT2D eigenvalue weighted by atomic mass is 9.84. The molecule has 0 amide bonds. The van der Waals surface area contributed by atoms with Crippen LogP contribution < -0.4 is 5.32 Å². The first kappa shape index (κ1) is 15.5. The molecule has 0 spiro atoms. The summed E-state index contributed by atoms with van der Waals surface area (Å²) in [4.78, 5) is 4.27. The summed E-state index contributed by atoms with van der Waals surface area (Å²) in [5.41, 5.74) is 1.85. The van der Waals surface area contributed by atoms with E-state index in [-0.39, 0.29) is 0 Å². The fourth-order valence-electron chi connectivity index (χ4n) is 3.60. The minimum Gasteiger partial charge on any atom is -0.381 e. The van der Waals surface area contributed by atoms with Gasteiger partial charge in [-0.05, 0) is 36.8 Å². The lowest BCUT2D eigenvalue weighted by Gasteiger charge is -2.40. The van der Waals surface area contributed by atoms with Crippen molar-refractivity contribution in [1.82, 2.24) is 10.2 Å². The molecule has 118 valence electrons. The number of hydrogen-bond donors (Lipinski definition) is 1. The van der Waals surface area contributed by atoms with E-state index in [1.54, 1.807) is 10.4 Å². The predicted molar refractivity (Wildman–Crippen MR) is 89.0 cm³/mol. The van der Waals surface area contributed by atoms with Crippen molar-refractivity contribution >= 4 is 11.3 Å². The van der Waals surface area contributed by atoms with Crippen LogP contribution in [-0.4, -0.2) is 43.8 Å². The Bertz CT molecular complexity index is 465. The summed E-state index contributed by atoms with van der Waals surface area (Å²) in [6.07, 6.45) is 2.40. The Labute approximate surface area is 132 Å². The molecule has 3 nitrogen and oxygen atoms in total. The molecule has 0 saturated carbocycles. The average Bonchev–Trinajstić information content (AvgIpc) is 3.10. The van der Waals surface area contributed by atoms with E-state index in [2.05, 4.69) is 42.4 Å². The molecule has 2 aliphatic heterocycles. The molecule has 21 heavy (non-hydrogen) atoms. The van der Waals surface area contributed by atoms with Crippen LogP contribution in [0.2, 0.25) is 0 Å². The maximum atomic E-state index is 5.76. The van der Waals surface area contributed by atoms with Crippen molar-refractivity contribution in [3.8, 4) is 0 Å². The molecule has 1 aromatic heterocycles. The van der Waals surface area contributed by atoms with E-state index in [9.17, 15) is 0 Å². The standard InChI is InChI=1S/C17H28N2OS/c1-13(2)18-10-17(6-8-20-12-17)11-19-7-4-16-15(14(19)3)5-9-21-16/h5,9,13-14,18H,4,6-8,10-12H2,1-3H3. The minimum atomic E-state index is 0.298. The first-order valence-electron chi connectivity index (χ1n) is 8.21. The van der Waals surface area contributed by atoms with Gasteiger partial charge in [-0.25, -0.2) is 0 Å². The van der Waals surface area contributed by atoms with E-state index in [1.165, 1.54) is 19.4 Å². The van der Waals surface area contributed by atoms with Crippen LogP contribution in [-0.2, 0) is 11.2 Å². The van der Waals surface area contributed by atoms with E-state index >= 15 is 0 Å². The Morgan fingerprint density at radius 2 is 2.38 bits per heavy atom. The van der Waals surface area contributed by atoms with Gasteiger partial charge in [0.2, 0.25) is 0 Å². The number of nitrogens with zero attached hydrogens (tertiary/aromatic N) is 1. The zero-order chi connectivity index (χ0) is 14.9. The van der Waals surface area contributed by atoms with E-state index < -0.39 is 0 Å². The van der Waals surface area contributed by atoms with Gasteiger partial charge in [-0.3, -0.25) is 4.90 Å². The molecule has 4 heteroatoms. The van der Waals surface area contributed by atoms with E-state index in [0.717, 1.165) is 26.3 Å². The third-order valence-corrected chi connectivity index (χ3v) is 6.01. The van der Waals surface area contributed by atoms with Crippen LogP contribution in [0.3, 0.4) is 0 Å². The molecule has 1 saturated heterocycles. The molecular formula is C17H28N2OS. The van der Waals surface area contributed by atoms with Crippen LogP contribution in [0.5, 0.6) is 0 Å². The monoisotopic (exact) mass is 308 g/mol. The van der Waals surface area contributed by atoms with Crippen LogP contribution in [0.1, 0.15) is 43.7 Å². The molecule has 0 radical (unpaired) electrons. The van der Waals surface area contributed by atoms with Gasteiger partial charge in [0.25, 0.3) is 0 Å². The van der Waals surface area contributed by atoms with Gasteiger partial charge in [0.05, 0.1) is 6.61 Å². The molecule has 1 N–H and O–H groups in total. The lowest BCUT2D eigenvalue weighted by molar-refractivity contribution is 0.0837. The summed E-state index contributed by atoms with van der Waals surface area (Å²) in [6, 6.07) is 3.42. The maximum absolute atomic E-state index is 5.76. The SMILES string of the molecule is CC(C)NCC1(CN2CCc3sccc3C2C)CCOC1. The predicted octanol–water partition coefficient (Wildman–Crippen LogP) is 3.07. The molecular weight excluding hydrogens is 280 g/mol. The Morgan fingerprint density at radius 3 is 3.10 bits per heavy atom. The quantitative estimate of drug-likeness (QED) is 0.905. The Balaban J connectivity index is 1.69. The van der Waals surface area contributed by atoms with Gasteiger partial charge >= 0.3 is 0 Å². The Hall–Kier alpha value is -0.420. The largest absolute Gasteiger partial charge is 0.381 e. The number of rotatable bonds is 5. The fourth-order valence-corrected chi connectivity index (χ4v) is 4.56. The lowest BCUT2D eigenvalue weighted by Crippen LogP contribution is -2.48. The smallest absolute Gasteiger partial charge is 0.0547 e. The van der Waals surface area contributed by atoms with Crippen LogP contribution in [0.25, 0.3) is 0 Å². The minimum absolute atomic E-state index is 0.298. The molecule has 0 aromatic carbocycles. The summed E-state index contributed by atoms with van der Waals surface area (Å²) in [7, 11) is 0. The fraction of sp³-hybridized carbons (Fsp3) is 0.765. The number of hydrogen-bond acceptors (Lipinski definition) is 4. The van der Waals surface area contributed by atoms with Gasteiger partial charge in [-0.1, -0.05) is 13.8 Å². The van der Waals surface area contributed by atoms with Gasteiger partial charge in [0.15, 0.2) is 0 Å². The van der Waals surface area contributed by atoms with Gasteiger partial charge < -0.3 is 10.1 Å². The summed E-state index contributed by atoms with van der Waals surface area (Å²) >= 11 is 1.92. The molecule has 0 bridgehead atoms. The van der Waals surface area contributed by atoms with Crippen molar-refractivity contribution in [1.29, 1.82) is 0 Å². The van der Waals surface area contributed by atoms with Gasteiger partial charge in [0.1, 0.15) is 0 Å². The highest BCUT2D eigenvalue weighted by Crippen LogP contribution is 2.37. The van der Waals surface area contributed by atoms with Crippen LogP contribution in [0, 0.1) is 5.41 Å². The molecule has 1 fully saturated rings. The van der Waals surface area contributed by atoms with Crippen molar-refractivity contribution in [3.63, 3.8) is 0 Å². The second-order valence-corrected chi connectivity index (χ2v) is 8.03.